The second kappa shape index (κ2) is 7.29. The lowest BCUT2D eigenvalue weighted by Gasteiger charge is -2.38. The SMILES string of the molecule is CC(C)NCCCC(C)N1CCCCC1C. The third kappa shape index (κ3) is 4.84. The summed E-state index contributed by atoms with van der Waals surface area (Å²) in [6.07, 6.45) is 6.87. The monoisotopic (exact) mass is 226 g/mol. The maximum atomic E-state index is 3.50. The van der Waals surface area contributed by atoms with Crippen LogP contribution in [0.5, 0.6) is 0 Å². The highest BCUT2D eigenvalue weighted by molar-refractivity contribution is 4.78. The van der Waals surface area contributed by atoms with Gasteiger partial charge in [0, 0.05) is 18.1 Å². The van der Waals surface area contributed by atoms with Crippen molar-refractivity contribution in [3.8, 4) is 0 Å². The van der Waals surface area contributed by atoms with E-state index in [4.69, 9.17) is 0 Å². The average molecular weight is 226 g/mol. The Balaban J connectivity index is 2.15. The van der Waals surface area contributed by atoms with Gasteiger partial charge in [-0.1, -0.05) is 20.3 Å². The highest BCUT2D eigenvalue weighted by Crippen LogP contribution is 2.20. The predicted molar refractivity (Wildman–Crippen MR) is 71.9 cm³/mol. The summed E-state index contributed by atoms with van der Waals surface area (Å²) in [5, 5.41) is 3.50. The minimum absolute atomic E-state index is 0.629. The van der Waals surface area contributed by atoms with Gasteiger partial charge < -0.3 is 5.32 Å². The van der Waals surface area contributed by atoms with Gasteiger partial charge in [-0.3, -0.25) is 4.90 Å². The van der Waals surface area contributed by atoms with Gasteiger partial charge in [0.25, 0.3) is 0 Å². The number of nitrogens with zero attached hydrogens (tertiary/aromatic N) is 1. The van der Waals surface area contributed by atoms with E-state index < -0.39 is 0 Å². The standard InChI is InChI=1S/C14H30N2/c1-12(2)15-10-7-9-14(4)16-11-6-5-8-13(16)3/h12-15H,5-11H2,1-4H3. The molecular weight excluding hydrogens is 196 g/mol. The Bertz CT molecular complexity index is 180. The molecule has 1 aliphatic heterocycles. The van der Waals surface area contributed by atoms with E-state index in [1.165, 1.54) is 45.2 Å². The number of piperidine rings is 1. The maximum absolute atomic E-state index is 3.50. The lowest BCUT2D eigenvalue weighted by atomic mass is 10.00. The van der Waals surface area contributed by atoms with Crippen molar-refractivity contribution in [2.24, 2.45) is 0 Å². The van der Waals surface area contributed by atoms with Crippen LogP contribution in [0.3, 0.4) is 0 Å². The number of hydrogen-bond acceptors (Lipinski definition) is 2. The zero-order valence-electron chi connectivity index (χ0n) is 11.6. The van der Waals surface area contributed by atoms with Gasteiger partial charge in [0.15, 0.2) is 0 Å². The Morgan fingerprint density at radius 1 is 1.25 bits per heavy atom. The van der Waals surface area contributed by atoms with Gasteiger partial charge in [-0.15, -0.1) is 0 Å². The van der Waals surface area contributed by atoms with E-state index in [0.29, 0.717) is 6.04 Å². The van der Waals surface area contributed by atoms with Crippen LogP contribution in [-0.2, 0) is 0 Å². The smallest absolute Gasteiger partial charge is 0.00702 e. The molecule has 1 aliphatic rings. The fourth-order valence-electron chi connectivity index (χ4n) is 2.73. The molecule has 2 unspecified atom stereocenters. The summed E-state index contributed by atoms with van der Waals surface area (Å²) in [5.41, 5.74) is 0. The first-order chi connectivity index (χ1) is 7.61. The molecule has 1 fully saturated rings. The van der Waals surface area contributed by atoms with Gasteiger partial charge in [-0.05, 0) is 52.6 Å². The molecule has 2 atom stereocenters. The highest BCUT2D eigenvalue weighted by atomic mass is 15.2. The minimum Gasteiger partial charge on any atom is -0.315 e. The number of rotatable bonds is 6. The second-order valence-electron chi connectivity index (χ2n) is 5.68. The third-order valence-electron chi connectivity index (χ3n) is 3.77. The van der Waals surface area contributed by atoms with Crippen LogP contribution in [0.1, 0.15) is 59.8 Å². The number of nitrogens with one attached hydrogen (secondary N) is 1. The molecule has 1 saturated heterocycles. The van der Waals surface area contributed by atoms with Crippen LogP contribution < -0.4 is 5.32 Å². The van der Waals surface area contributed by atoms with Gasteiger partial charge in [0.05, 0.1) is 0 Å². The maximum Gasteiger partial charge on any atom is 0.00702 e. The summed E-state index contributed by atoms with van der Waals surface area (Å²) in [5.74, 6) is 0. The van der Waals surface area contributed by atoms with Crippen LogP contribution in [0, 0.1) is 0 Å². The lowest BCUT2D eigenvalue weighted by molar-refractivity contribution is 0.108. The largest absolute Gasteiger partial charge is 0.315 e. The van der Waals surface area contributed by atoms with Crippen molar-refractivity contribution in [3.63, 3.8) is 0 Å². The summed E-state index contributed by atoms with van der Waals surface area (Å²) >= 11 is 0. The first kappa shape index (κ1) is 14.0. The van der Waals surface area contributed by atoms with E-state index in [0.717, 1.165) is 12.1 Å². The van der Waals surface area contributed by atoms with E-state index in [1.807, 2.05) is 0 Å². The van der Waals surface area contributed by atoms with Gasteiger partial charge in [0.1, 0.15) is 0 Å². The molecule has 1 rings (SSSR count). The third-order valence-corrected chi connectivity index (χ3v) is 3.77. The Morgan fingerprint density at radius 3 is 2.62 bits per heavy atom. The molecular formula is C14H30N2. The molecule has 0 aromatic carbocycles. The van der Waals surface area contributed by atoms with Gasteiger partial charge in [-0.25, -0.2) is 0 Å². The molecule has 16 heavy (non-hydrogen) atoms. The van der Waals surface area contributed by atoms with Crippen molar-refractivity contribution in [1.82, 2.24) is 10.2 Å². The first-order valence-corrected chi connectivity index (χ1v) is 7.10. The molecule has 96 valence electrons. The van der Waals surface area contributed by atoms with Crippen LogP contribution in [0.2, 0.25) is 0 Å². The van der Waals surface area contributed by atoms with Crippen molar-refractivity contribution in [3.05, 3.63) is 0 Å². The summed E-state index contributed by atoms with van der Waals surface area (Å²) in [6.45, 7) is 11.7. The molecule has 0 saturated carbocycles. The van der Waals surface area contributed by atoms with E-state index in [-0.39, 0.29) is 0 Å². The summed E-state index contributed by atoms with van der Waals surface area (Å²) < 4.78 is 0. The Kier molecular flexibility index (Phi) is 6.37. The molecule has 2 heteroatoms. The average Bonchev–Trinajstić information content (AvgIpc) is 2.24. The van der Waals surface area contributed by atoms with Crippen molar-refractivity contribution in [2.45, 2.75) is 77.9 Å². The highest BCUT2D eigenvalue weighted by Gasteiger charge is 2.22. The quantitative estimate of drug-likeness (QED) is 0.700. The Morgan fingerprint density at radius 2 is 2.00 bits per heavy atom. The van der Waals surface area contributed by atoms with Crippen LogP contribution in [0.4, 0.5) is 0 Å². The lowest BCUT2D eigenvalue weighted by Crippen LogP contribution is -2.43. The Hall–Kier alpha value is -0.0800. The zero-order chi connectivity index (χ0) is 12.0. The summed E-state index contributed by atoms with van der Waals surface area (Å²) in [7, 11) is 0. The zero-order valence-corrected chi connectivity index (χ0v) is 11.6. The van der Waals surface area contributed by atoms with Crippen molar-refractivity contribution >= 4 is 0 Å². The minimum atomic E-state index is 0.629. The normalized spacial score (nSPS) is 24.9. The van der Waals surface area contributed by atoms with Crippen LogP contribution in [-0.4, -0.2) is 36.1 Å². The summed E-state index contributed by atoms with van der Waals surface area (Å²) in [4.78, 5) is 2.71. The number of hydrogen-bond donors (Lipinski definition) is 1. The van der Waals surface area contributed by atoms with Gasteiger partial charge in [-0.2, -0.15) is 0 Å². The van der Waals surface area contributed by atoms with E-state index in [2.05, 4.69) is 37.9 Å². The van der Waals surface area contributed by atoms with Crippen LogP contribution in [0.25, 0.3) is 0 Å². The molecule has 0 aromatic rings. The van der Waals surface area contributed by atoms with E-state index in [1.54, 1.807) is 0 Å². The Labute approximate surface area is 102 Å². The predicted octanol–water partition coefficient (Wildman–Crippen LogP) is 3.03. The van der Waals surface area contributed by atoms with E-state index in [9.17, 15) is 0 Å². The molecule has 0 aromatic heterocycles. The summed E-state index contributed by atoms with van der Waals surface area (Å²) in [6, 6.07) is 2.20. The molecule has 1 N–H and O–H groups in total. The van der Waals surface area contributed by atoms with Crippen LogP contribution in [0.15, 0.2) is 0 Å². The number of likely N-dealkylation sites (tertiary alicyclic amines) is 1. The molecule has 0 aliphatic carbocycles. The van der Waals surface area contributed by atoms with E-state index >= 15 is 0 Å². The second-order valence-corrected chi connectivity index (χ2v) is 5.68. The molecule has 0 radical (unpaired) electrons. The van der Waals surface area contributed by atoms with Gasteiger partial charge >= 0.3 is 0 Å². The van der Waals surface area contributed by atoms with Crippen molar-refractivity contribution in [1.29, 1.82) is 0 Å². The fourth-order valence-corrected chi connectivity index (χ4v) is 2.73. The van der Waals surface area contributed by atoms with Crippen molar-refractivity contribution < 1.29 is 0 Å². The molecule has 1 heterocycles. The molecule has 0 bridgehead atoms. The molecule has 2 nitrogen and oxygen atoms in total. The topological polar surface area (TPSA) is 15.3 Å². The fraction of sp³-hybridized carbons (Fsp3) is 1.00. The van der Waals surface area contributed by atoms with Gasteiger partial charge in [0.2, 0.25) is 0 Å². The first-order valence-electron chi connectivity index (χ1n) is 7.10. The van der Waals surface area contributed by atoms with Crippen molar-refractivity contribution in [2.75, 3.05) is 13.1 Å². The molecule has 0 amide bonds. The van der Waals surface area contributed by atoms with Crippen LogP contribution >= 0.6 is 0 Å². The molecule has 0 spiro atoms.